The third-order valence-corrected chi connectivity index (χ3v) is 6.06. The molecule has 3 aromatic carbocycles. The molecule has 0 atom stereocenters. The van der Waals surface area contributed by atoms with Gasteiger partial charge < -0.3 is 9.47 Å². The van der Waals surface area contributed by atoms with Gasteiger partial charge in [-0.25, -0.2) is 13.8 Å². The SMILES string of the molecule is CCOc1cc(/C=N\NC(=O)CN(c2cccc([N+](=O)[O-])c2)S(C)(=O)=O)ccc1OCc1ccccc1. The van der Waals surface area contributed by atoms with Gasteiger partial charge in [0.2, 0.25) is 10.0 Å². The molecule has 1 amide bonds. The number of benzene rings is 3. The molecule has 11 nitrogen and oxygen atoms in total. The van der Waals surface area contributed by atoms with E-state index in [1.165, 1.54) is 24.4 Å². The van der Waals surface area contributed by atoms with E-state index in [1.54, 1.807) is 18.2 Å². The van der Waals surface area contributed by atoms with E-state index in [0.29, 0.717) is 30.3 Å². The van der Waals surface area contributed by atoms with E-state index in [9.17, 15) is 23.3 Å². The quantitative estimate of drug-likeness (QED) is 0.216. The van der Waals surface area contributed by atoms with Gasteiger partial charge in [0, 0.05) is 12.1 Å². The highest BCUT2D eigenvalue weighted by Gasteiger charge is 2.22. The second kappa shape index (κ2) is 12.5. The normalized spacial score (nSPS) is 11.2. The zero-order chi connectivity index (χ0) is 26.8. The van der Waals surface area contributed by atoms with E-state index in [0.717, 1.165) is 22.2 Å². The number of sulfonamides is 1. The monoisotopic (exact) mass is 526 g/mol. The van der Waals surface area contributed by atoms with E-state index in [-0.39, 0.29) is 11.4 Å². The van der Waals surface area contributed by atoms with Crippen LogP contribution in [0.3, 0.4) is 0 Å². The maximum Gasteiger partial charge on any atom is 0.271 e. The number of anilines is 1. The number of nitro benzene ring substituents is 1. The zero-order valence-corrected chi connectivity index (χ0v) is 21.1. The summed E-state index contributed by atoms with van der Waals surface area (Å²) in [7, 11) is -3.91. The molecule has 0 aliphatic rings. The Kier molecular flexibility index (Phi) is 9.16. The molecular formula is C25H26N4O7S. The van der Waals surface area contributed by atoms with E-state index < -0.39 is 27.4 Å². The second-order valence-corrected chi connectivity index (χ2v) is 9.66. The van der Waals surface area contributed by atoms with Crippen molar-refractivity contribution < 1.29 is 27.6 Å². The summed E-state index contributed by atoms with van der Waals surface area (Å²) in [6, 6.07) is 19.8. The predicted octanol–water partition coefficient (Wildman–Crippen LogP) is 3.49. The molecule has 3 aromatic rings. The summed E-state index contributed by atoms with van der Waals surface area (Å²) in [5.74, 6) is 0.316. The molecule has 0 saturated carbocycles. The fourth-order valence-electron chi connectivity index (χ4n) is 3.23. The second-order valence-electron chi connectivity index (χ2n) is 7.75. The van der Waals surface area contributed by atoms with Gasteiger partial charge in [0.05, 0.1) is 29.7 Å². The van der Waals surface area contributed by atoms with Gasteiger partial charge in [-0.3, -0.25) is 19.2 Å². The molecule has 0 spiro atoms. The summed E-state index contributed by atoms with van der Waals surface area (Å²) in [5.41, 5.74) is 3.57. The Labute approximate surface area is 214 Å². The van der Waals surface area contributed by atoms with Crippen LogP contribution in [0.5, 0.6) is 11.5 Å². The van der Waals surface area contributed by atoms with E-state index in [1.807, 2.05) is 37.3 Å². The number of carbonyl (C=O) groups is 1. The minimum absolute atomic E-state index is 0.0109. The molecule has 0 unspecified atom stereocenters. The van der Waals surface area contributed by atoms with Gasteiger partial charge in [-0.1, -0.05) is 36.4 Å². The highest BCUT2D eigenvalue weighted by Crippen LogP contribution is 2.29. The number of carbonyl (C=O) groups excluding carboxylic acids is 1. The maximum atomic E-state index is 12.4. The molecule has 0 aliphatic carbocycles. The fourth-order valence-corrected chi connectivity index (χ4v) is 4.08. The van der Waals surface area contributed by atoms with Crippen LogP contribution in [0.15, 0.2) is 77.9 Å². The highest BCUT2D eigenvalue weighted by atomic mass is 32.2. The maximum absolute atomic E-state index is 12.4. The van der Waals surface area contributed by atoms with Crippen LogP contribution in [0.1, 0.15) is 18.1 Å². The third-order valence-electron chi connectivity index (χ3n) is 4.92. The van der Waals surface area contributed by atoms with Crippen LogP contribution in [-0.4, -0.2) is 44.9 Å². The van der Waals surface area contributed by atoms with E-state index >= 15 is 0 Å². The average molecular weight is 527 g/mol. The molecule has 37 heavy (non-hydrogen) atoms. The Morgan fingerprint density at radius 2 is 1.81 bits per heavy atom. The van der Waals surface area contributed by atoms with Crippen molar-refractivity contribution in [3.63, 3.8) is 0 Å². The minimum Gasteiger partial charge on any atom is -0.490 e. The smallest absolute Gasteiger partial charge is 0.271 e. The van der Waals surface area contributed by atoms with Gasteiger partial charge >= 0.3 is 0 Å². The average Bonchev–Trinajstić information content (AvgIpc) is 2.87. The van der Waals surface area contributed by atoms with Crippen molar-refractivity contribution >= 4 is 33.5 Å². The summed E-state index contributed by atoms with van der Waals surface area (Å²) >= 11 is 0. The lowest BCUT2D eigenvalue weighted by Crippen LogP contribution is -2.39. The Bertz CT molecular complexity index is 1380. The van der Waals surface area contributed by atoms with Gasteiger partial charge in [0.25, 0.3) is 11.6 Å². The van der Waals surface area contributed by atoms with Gasteiger partial charge in [0.1, 0.15) is 13.2 Å². The van der Waals surface area contributed by atoms with Crippen LogP contribution in [0.4, 0.5) is 11.4 Å². The van der Waals surface area contributed by atoms with Crippen LogP contribution in [0.2, 0.25) is 0 Å². The lowest BCUT2D eigenvalue weighted by Gasteiger charge is -2.21. The summed E-state index contributed by atoms with van der Waals surface area (Å²) in [5, 5.41) is 14.9. The fraction of sp³-hybridized carbons (Fsp3) is 0.200. The van der Waals surface area contributed by atoms with Crippen LogP contribution < -0.4 is 19.2 Å². The number of rotatable bonds is 12. The Hall–Kier alpha value is -4.45. The number of nitrogens with one attached hydrogen (secondary N) is 1. The highest BCUT2D eigenvalue weighted by molar-refractivity contribution is 7.92. The molecule has 194 valence electrons. The summed E-state index contributed by atoms with van der Waals surface area (Å²) in [6.07, 6.45) is 2.28. The summed E-state index contributed by atoms with van der Waals surface area (Å²) < 4.78 is 36.8. The first-order valence-electron chi connectivity index (χ1n) is 11.1. The number of amides is 1. The largest absolute Gasteiger partial charge is 0.490 e. The lowest BCUT2D eigenvalue weighted by molar-refractivity contribution is -0.384. The van der Waals surface area contributed by atoms with Crippen LogP contribution in [0, 0.1) is 10.1 Å². The van der Waals surface area contributed by atoms with Gasteiger partial charge in [0.15, 0.2) is 11.5 Å². The number of hydrazone groups is 1. The van der Waals surface area contributed by atoms with Crippen molar-refractivity contribution in [3.8, 4) is 11.5 Å². The Balaban J connectivity index is 1.67. The molecule has 3 rings (SSSR count). The number of nitro groups is 1. The molecule has 12 heteroatoms. The number of nitrogens with zero attached hydrogens (tertiary/aromatic N) is 3. The van der Waals surface area contributed by atoms with Crippen LogP contribution in [0.25, 0.3) is 0 Å². The molecular weight excluding hydrogens is 500 g/mol. The van der Waals surface area contributed by atoms with Crippen molar-refractivity contribution in [1.82, 2.24) is 5.43 Å². The van der Waals surface area contributed by atoms with E-state index in [4.69, 9.17) is 9.47 Å². The summed E-state index contributed by atoms with van der Waals surface area (Å²) in [6.45, 7) is 2.01. The van der Waals surface area contributed by atoms with Crippen molar-refractivity contribution in [2.75, 3.05) is 23.7 Å². The number of hydrogen-bond acceptors (Lipinski definition) is 8. The van der Waals surface area contributed by atoms with E-state index in [2.05, 4.69) is 10.5 Å². The van der Waals surface area contributed by atoms with Crippen LogP contribution >= 0.6 is 0 Å². The first-order valence-corrected chi connectivity index (χ1v) is 13.0. The van der Waals surface area contributed by atoms with Crippen molar-refractivity contribution in [2.45, 2.75) is 13.5 Å². The molecule has 0 bridgehead atoms. The molecule has 1 N–H and O–H groups in total. The number of hydrogen-bond donors (Lipinski definition) is 1. The molecule has 0 radical (unpaired) electrons. The van der Waals surface area contributed by atoms with Crippen LogP contribution in [-0.2, 0) is 21.4 Å². The first-order chi connectivity index (χ1) is 17.7. The Morgan fingerprint density at radius 3 is 2.49 bits per heavy atom. The third kappa shape index (κ3) is 8.04. The number of ether oxygens (including phenoxy) is 2. The predicted molar refractivity (Wildman–Crippen MR) is 139 cm³/mol. The van der Waals surface area contributed by atoms with Crippen molar-refractivity contribution in [1.29, 1.82) is 0 Å². The Morgan fingerprint density at radius 1 is 1.05 bits per heavy atom. The first kappa shape index (κ1) is 27.1. The zero-order valence-electron chi connectivity index (χ0n) is 20.2. The molecule has 0 aromatic heterocycles. The van der Waals surface area contributed by atoms with Gasteiger partial charge in [-0.05, 0) is 42.3 Å². The minimum atomic E-state index is -3.91. The van der Waals surface area contributed by atoms with Gasteiger partial charge in [-0.15, -0.1) is 0 Å². The number of non-ortho nitro benzene ring substituents is 1. The molecule has 0 fully saturated rings. The summed E-state index contributed by atoms with van der Waals surface area (Å²) in [4.78, 5) is 22.8. The lowest BCUT2D eigenvalue weighted by atomic mass is 10.2. The molecule has 0 saturated heterocycles. The van der Waals surface area contributed by atoms with Crippen molar-refractivity contribution in [3.05, 3.63) is 94.0 Å². The van der Waals surface area contributed by atoms with Gasteiger partial charge in [-0.2, -0.15) is 5.10 Å². The molecule has 0 aliphatic heterocycles. The topological polar surface area (TPSA) is 140 Å². The molecule has 0 heterocycles. The van der Waals surface area contributed by atoms with Crippen molar-refractivity contribution in [2.24, 2.45) is 5.10 Å². The standard InChI is InChI=1S/C25H26N4O7S/c1-3-35-24-14-20(12-13-23(24)36-18-19-8-5-4-6-9-19)16-26-27-25(30)17-28(37(2,33)34)21-10-7-11-22(15-21)29(31)32/h4-16H,3,17-18H2,1-2H3,(H,27,30)/b26-16-.